The summed E-state index contributed by atoms with van der Waals surface area (Å²) in [5.41, 5.74) is -1.16. The van der Waals surface area contributed by atoms with Crippen LogP contribution in [-0.4, -0.2) is 53.6 Å². The molecule has 0 aromatic carbocycles. The van der Waals surface area contributed by atoms with Gasteiger partial charge in [-0.2, -0.15) is 0 Å². The summed E-state index contributed by atoms with van der Waals surface area (Å²) >= 11 is 0.922. The van der Waals surface area contributed by atoms with Crippen molar-refractivity contribution in [1.29, 1.82) is 0 Å². The quantitative estimate of drug-likeness (QED) is 0.668. The minimum atomic E-state index is -1.16. The molecule has 0 aromatic rings. The van der Waals surface area contributed by atoms with Gasteiger partial charge in [0.05, 0.1) is 12.9 Å². The Kier molecular flexibility index (Phi) is 3.39. The summed E-state index contributed by atoms with van der Waals surface area (Å²) in [5, 5.41) is -0.373. The van der Waals surface area contributed by atoms with Gasteiger partial charge in [-0.25, -0.2) is 4.79 Å². The van der Waals surface area contributed by atoms with E-state index in [-0.39, 0.29) is 16.9 Å². The molecule has 0 aromatic heterocycles. The zero-order chi connectivity index (χ0) is 12.5. The minimum Gasteiger partial charge on any atom is -0.467 e. The average molecular weight is 259 g/mol. The first-order chi connectivity index (χ1) is 8.12. The van der Waals surface area contributed by atoms with Crippen molar-refractivity contribution in [3.63, 3.8) is 0 Å². The van der Waals surface area contributed by atoms with Gasteiger partial charge in [0.1, 0.15) is 0 Å². The molecule has 0 atom stereocenters. The number of methoxy groups -OCH3 is 1. The molecular formula is C10H13NO5S. The number of carbonyl (C=O) groups is 3. The second-order valence-electron chi connectivity index (χ2n) is 3.92. The van der Waals surface area contributed by atoms with Gasteiger partial charge in [-0.1, -0.05) is 11.8 Å². The van der Waals surface area contributed by atoms with Crippen LogP contribution in [0.1, 0.15) is 12.8 Å². The summed E-state index contributed by atoms with van der Waals surface area (Å²) in [6, 6.07) is 0. The number of nitrogens with zero attached hydrogens (tertiary/aromatic N) is 1. The maximum atomic E-state index is 11.9. The van der Waals surface area contributed by atoms with Crippen LogP contribution in [0.3, 0.4) is 0 Å². The second-order valence-corrected chi connectivity index (χ2v) is 4.85. The molecular weight excluding hydrogens is 246 g/mol. The molecule has 2 fully saturated rings. The molecule has 0 unspecified atom stereocenters. The van der Waals surface area contributed by atoms with Crippen molar-refractivity contribution in [3.05, 3.63) is 0 Å². The smallest absolute Gasteiger partial charge is 0.332 e. The van der Waals surface area contributed by atoms with Gasteiger partial charge in [0.15, 0.2) is 5.54 Å². The Labute approximate surface area is 103 Å². The van der Waals surface area contributed by atoms with E-state index in [0.717, 1.165) is 16.7 Å². The van der Waals surface area contributed by atoms with Gasteiger partial charge >= 0.3 is 5.97 Å². The van der Waals surface area contributed by atoms with Gasteiger partial charge < -0.3 is 9.47 Å². The van der Waals surface area contributed by atoms with Gasteiger partial charge in [-0.05, 0) is 0 Å². The van der Waals surface area contributed by atoms with Crippen LogP contribution in [-0.2, 0) is 19.1 Å². The third-order valence-corrected chi connectivity index (χ3v) is 3.89. The third kappa shape index (κ3) is 1.93. The second kappa shape index (κ2) is 4.66. The van der Waals surface area contributed by atoms with E-state index in [2.05, 4.69) is 0 Å². The summed E-state index contributed by atoms with van der Waals surface area (Å²) < 4.78 is 9.94. The number of ether oxygens (including phenoxy) is 2. The Morgan fingerprint density at radius 1 is 1.41 bits per heavy atom. The lowest BCUT2D eigenvalue weighted by molar-refractivity contribution is -0.163. The molecule has 94 valence electrons. The van der Waals surface area contributed by atoms with Crippen LogP contribution in [0.4, 0.5) is 4.79 Å². The lowest BCUT2D eigenvalue weighted by atomic mass is 9.88. The fourth-order valence-electron chi connectivity index (χ4n) is 2.19. The fourth-order valence-corrected chi connectivity index (χ4v) is 2.97. The van der Waals surface area contributed by atoms with Crippen molar-refractivity contribution in [3.8, 4) is 0 Å². The number of hydrogen-bond acceptors (Lipinski definition) is 6. The van der Waals surface area contributed by atoms with Gasteiger partial charge in [-0.15, -0.1) is 0 Å². The van der Waals surface area contributed by atoms with E-state index in [9.17, 15) is 14.4 Å². The van der Waals surface area contributed by atoms with Crippen molar-refractivity contribution in [2.75, 3.05) is 26.1 Å². The van der Waals surface area contributed by atoms with Crippen molar-refractivity contribution in [2.24, 2.45) is 0 Å². The molecule has 6 nitrogen and oxygen atoms in total. The first kappa shape index (κ1) is 12.4. The Hall–Kier alpha value is -1.08. The number of hydrogen-bond donors (Lipinski definition) is 0. The molecule has 2 aliphatic heterocycles. The van der Waals surface area contributed by atoms with E-state index >= 15 is 0 Å². The van der Waals surface area contributed by atoms with Crippen LogP contribution in [0.15, 0.2) is 0 Å². The van der Waals surface area contributed by atoms with Gasteiger partial charge in [-0.3, -0.25) is 14.5 Å². The van der Waals surface area contributed by atoms with Crippen LogP contribution < -0.4 is 0 Å². The summed E-state index contributed by atoms with van der Waals surface area (Å²) in [6.45, 7) is 0.688. The number of amides is 2. The fraction of sp³-hybridized carbons (Fsp3) is 0.700. The van der Waals surface area contributed by atoms with E-state index in [1.54, 1.807) is 0 Å². The topological polar surface area (TPSA) is 72.9 Å². The van der Waals surface area contributed by atoms with E-state index in [0.29, 0.717) is 26.1 Å². The molecule has 2 saturated heterocycles. The molecule has 0 bridgehead atoms. The lowest BCUT2D eigenvalue weighted by Crippen LogP contribution is -2.59. The first-order valence-corrected chi connectivity index (χ1v) is 6.26. The molecule has 0 radical (unpaired) electrons. The Balaban J connectivity index is 2.35. The van der Waals surface area contributed by atoms with Crippen molar-refractivity contribution in [1.82, 2.24) is 4.90 Å². The minimum absolute atomic E-state index is 0.0957. The average Bonchev–Trinajstić information content (AvgIpc) is 2.69. The van der Waals surface area contributed by atoms with Crippen molar-refractivity contribution >= 4 is 28.9 Å². The van der Waals surface area contributed by atoms with Crippen LogP contribution >= 0.6 is 11.8 Å². The molecule has 2 rings (SSSR count). The largest absolute Gasteiger partial charge is 0.467 e. The van der Waals surface area contributed by atoms with Crippen LogP contribution in [0, 0.1) is 0 Å². The molecule has 0 saturated carbocycles. The molecule has 2 heterocycles. The van der Waals surface area contributed by atoms with Gasteiger partial charge in [0.25, 0.3) is 5.24 Å². The van der Waals surface area contributed by atoms with Crippen LogP contribution in [0.25, 0.3) is 0 Å². The Morgan fingerprint density at radius 3 is 2.53 bits per heavy atom. The molecule has 0 spiro atoms. The van der Waals surface area contributed by atoms with E-state index in [1.165, 1.54) is 7.11 Å². The highest BCUT2D eigenvalue weighted by Gasteiger charge is 2.53. The van der Waals surface area contributed by atoms with E-state index < -0.39 is 11.5 Å². The monoisotopic (exact) mass is 259 g/mol. The summed E-state index contributed by atoms with van der Waals surface area (Å²) in [7, 11) is 1.26. The molecule has 0 aliphatic carbocycles. The number of thioether (sulfide) groups is 1. The predicted molar refractivity (Wildman–Crippen MR) is 59.5 cm³/mol. The highest BCUT2D eigenvalue weighted by Crippen LogP contribution is 2.35. The standard InChI is InChI=1S/C10H13NO5S/c1-15-8(13)10(2-4-16-5-3-10)11-7(12)6-17-9(11)14/h2-6H2,1H3. The zero-order valence-electron chi connectivity index (χ0n) is 9.43. The number of rotatable bonds is 2. The number of esters is 1. The molecule has 7 heteroatoms. The van der Waals surface area contributed by atoms with Crippen LogP contribution in [0.5, 0.6) is 0 Å². The van der Waals surface area contributed by atoms with E-state index in [4.69, 9.17) is 9.47 Å². The van der Waals surface area contributed by atoms with Crippen LogP contribution in [0.2, 0.25) is 0 Å². The predicted octanol–water partition coefficient (Wildman–Crippen LogP) is 0.404. The maximum absolute atomic E-state index is 11.9. The molecule has 0 N–H and O–H groups in total. The SMILES string of the molecule is COC(=O)C1(N2C(=O)CSC2=O)CCOCC1. The summed E-state index contributed by atoms with van der Waals surface area (Å²) in [6.07, 6.45) is 0.607. The maximum Gasteiger partial charge on any atom is 0.332 e. The van der Waals surface area contributed by atoms with Gasteiger partial charge in [0, 0.05) is 26.1 Å². The molecule has 2 aliphatic rings. The summed E-state index contributed by atoms with van der Waals surface area (Å²) in [5.74, 6) is -0.768. The molecule has 2 amide bonds. The first-order valence-electron chi connectivity index (χ1n) is 5.28. The van der Waals surface area contributed by atoms with Gasteiger partial charge in [0.2, 0.25) is 5.91 Å². The highest BCUT2D eigenvalue weighted by atomic mass is 32.2. The Bertz CT molecular complexity index is 348. The highest BCUT2D eigenvalue weighted by molar-refractivity contribution is 8.14. The Morgan fingerprint density at radius 2 is 2.06 bits per heavy atom. The molecule has 17 heavy (non-hydrogen) atoms. The van der Waals surface area contributed by atoms with Crippen molar-refractivity contribution in [2.45, 2.75) is 18.4 Å². The normalized spacial score (nSPS) is 23.9. The van der Waals surface area contributed by atoms with E-state index in [1.807, 2.05) is 0 Å². The summed E-state index contributed by atoms with van der Waals surface area (Å²) in [4.78, 5) is 36.5. The lowest BCUT2D eigenvalue weighted by Gasteiger charge is -2.39. The number of carbonyl (C=O) groups excluding carboxylic acids is 3. The third-order valence-electron chi connectivity index (χ3n) is 3.06. The zero-order valence-corrected chi connectivity index (χ0v) is 10.2. The van der Waals surface area contributed by atoms with Crippen molar-refractivity contribution < 1.29 is 23.9 Å². The number of imide groups is 1.